The third kappa shape index (κ3) is 1.95. The van der Waals surface area contributed by atoms with Gasteiger partial charge in [-0.3, -0.25) is 4.98 Å². The van der Waals surface area contributed by atoms with Crippen LogP contribution in [-0.4, -0.2) is 19.7 Å². The van der Waals surface area contributed by atoms with Gasteiger partial charge in [-0.25, -0.2) is 8.42 Å². The Morgan fingerprint density at radius 3 is 2.50 bits per heavy atom. The fourth-order valence-corrected chi connectivity index (χ4v) is 3.11. The Bertz CT molecular complexity index is 400. The van der Waals surface area contributed by atoms with Crippen LogP contribution in [-0.2, 0) is 9.84 Å². The molecule has 0 aromatic carbocycles. The highest BCUT2D eigenvalue weighted by molar-refractivity contribution is 14.1. The van der Waals surface area contributed by atoms with Gasteiger partial charge in [0.1, 0.15) is 0 Å². The number of halogens is 1. The fourth-order valence-electron chi connectivity index (χ4n) is 0.811. The van der Waals surface area contributed by atoms with Gasteiger partial charge < -0.3 is 0 Å². The van der Waals surface area contributed by atoms with Crippen molar-refractivity contribution in [3.8, 4) is 0 Å². The summed E-state index contributed by atoms with van der Waals surface area (Å²) in [5, 5.41) is 0. The van der Waals surface area contributed by atoms with Crippen LogP contribution in [0.3, 0.4) is 0 Å². The summed E-state index contributed by atoms with van der Waals surface area (Å²) in [7, 11) is -3.10. The maximum absolute atomic E-state index is 11.2. The molecule has 0 fully saturated rings. The Hall–Kier alpha value is -0.170. The summed E-state index contributed by atoms with van der Waals surface area (Å²) in [5.41, 5.74) is 0.749. The smallest absolute Gasteiger partial charge is 0.176 e. The Kier molecular flexibility index (Phi) is 2.72. The predicted octanol–water partition coefficient (Wildman–Crippen LogP) is 1.40. The lowest BCUT2D eigenvalue weighted by molar-refractivity contribution is 0.601. The molecule has 0 atom stereocenters. The number of sulfone groups is 1. The van der Waals surface area contributed by atoms with Crippen molar-refractivity contribution < 1.29 is 8.42 Å². The minimum atomic E-state index is -3.10. The molecule has 0 radical (unpaired) electrons. The van der Waals surface area contributed by atoms with Gasteiger partial charge in [-0.05, 0) is 35.6 Å². The molecule has 66 valence electrons. The summed E-state index contributed by atoms with van der Waals surface area (Å²) < 4.78 is 23.1. The molecular formula is C7H8INO2S. The number of nitrogens with zero attached hydrogens (tertiary/aromatic N) is 1. The van der Waals surface area contributed by atoms with Crippen molar-refractivity contribution >= 4 is 32.4 Å². The van der Waals surface area contributed by atoms with Crippen molar-refractivity contribution in [1.82, 2.24) is 4.98 Å². The Morgan fingerprint density at radius 2 is 2.08 bits per heavy atom. The summed E-state index contributed by atoms with van der Waals surface area (Å²) in [6.07, 6.45) is 2.71. The fraction of sp³-hybridized carbons (Fsp3) is 0.286. The van der Waals surface area contributed by atoms with E-state index in [-0.39, 0.29) is 0 Å². The molecule has 0 aliphatic heterocycles. The first-order valence-electron chi connectivity index (χ1n) is 3.24. The highest BCUT2D eigenvalue weighted by Gasteiger charge is 2.12. The van der Waals surface area contributed by atoms with Crippen molar-refractivity contribution in [2.75, 3.05) is 6.26 Å². The number of rotatable bonds is 1. The Labute approximate surface area is 85.3 Å². The van der Waals surface area contributed by atoms with Gasteiger partial charge in [-0.15, -0.1) is 0 Å². The molecule has 0 amide bonds. The minimum Gasteiger partial charge on any atom is -0.260 e. The van der Waals surface area contributed by atoms with E-state index in [4.69, 9.17) is 0 Å². The second kappa shape index (κ2) is 3.29. The normalized spacial score (nSPS) is 11.6. The second-order valence-electron chi connectivity index (χ2n) is 2.48. The highest BCUT2D eigenvalue weighted by atomic mass is 127. The Balaban J connectivity index is 3.47. The third-order valence-electron chi connectivity index (χ3n) is 1.43. The Morgan fingerprint density at radius 1 is 1.50 bits per heavy atom. The van der Waals surface area contributed by atoms with E-state index in [9.17, 15) is 8.42 Å². The van der Waals surface area contributed by atoms with E-state index in [2.05, 4.69) is 4.98 Å². The summed E-state index contributed by atoms with van der Waals surface area (Å²) in [6.45, 7) is 1.79. The first-order chi connectivity index (χ1) is 5.43. The number of hydrogen-bond donors (Lipinski definition) is 0. The van der Waals surface area contributed by atoms with E-state index in [1.807, 2.05) is 22.6 Å². The summed E-state index contributed by atoms with van der Waals surface area (Å²) in [5.74, 6) is 0. The van der Waals surface area contributed by atoms with Crippen LogP contribution >= 0.6 is 22.6 Å². The largest absolute Gasteiger partial charge is 0.260 e. The molecule has 0 unspecified atom stereocenters. The van der Waals surface area contributed by atoms with Gasteiger partial charge in [0, 0.05) is 12.5 Å². The van der Waals surface area contributed by atoms with Gasteiger partial charge in [0.25, 0.3) is 0 Å². The van der Waals surface area contributed by atoms with Crippen LogP contribution in [0.2, 0.25) is 0 Å². The molecule has 1 aromatic rings. The molecule has 0 aliphatic carbocycles. The first-order valence-corrected chi connectivity index (χ1v) is 6.21. The van der Waals surface area contributed by atoms with Crippen molar-refractivity contribution in [1.29, 1.82) is 0 Å². The number of aryl methyl sites for hydroxylation is 1. The molecule has 0 bridgehead atoms. The van der Waals surface area contributed by atoms with Crippen molar-refractivity contribution in [3.05, 3.63) is 21.5 Å². The molecule has 1 rings (SSSR count). The average Bonchev–Trinajstić information content (AvgIpc) is 1.92. The molecule has 0 saturated carbocycles. The molecule has 5 heteroatoms. The molecule has 0 N–H and O–H groups in total. The van der Waals surface area contributed by atoms with Gasteiger partial charge in [0.2, 0.25) is 0 Å². The van der Waals surface area contributed by atoms with Gasteiger partial charge >= 0.3 is 0 Å². The van der Waals surface area contributed by atoms with E-state index in [1.165, 1.54) is 18.5 Å². The molecule has 12 heavy (non-hydrogen) atoms. The van der Waals surface area contributed by atoms with E-state index in [1.54, 1.807) is 6.92 Å². The summed E-state index contributed by atoms with van der Waals surface area (Å²) >= 11 is 1.99. The van der Waals surface area contributed by atoms with Crippen LogP contribution in [0.4, 0.5) is 0 Å². The van der Waals surface area contributed by atoms with E-state index >= 15 is 0 Å². The SMILES string of the molecule is Cc1nccc(S(C)(=O)=O)c1I. The van der Waals surface area contributed by atoms with E-state index in [0.717, 1.165) is 5.69 Å². The minimum absolute atomic E-state index is 0.357. The second-order valence-corrected chi connectivity index (χ2v) is 5.54. The summed E-state index contributed by atoms with van der Waals surface area (Å²) in [4.78, 5) is 4.34. The molecule has 0 spiro atoms. The lowest BCUT2D eigenvalue weighted by Gasteiger charge is -2.02. The van der Waals surface area contributed by atoms with Crippen molar-refractivity contribution in [2.24, 2.45) is 0 Å². The number of aromatic nitrogens is 1. The van der Waals surface area contributed by atoms with Gasteiger partial charge in [0.05, 0.1) is 14.2 Å². The molecule has 0 aliphatic rings. The van der Waals surface area contributed by atoms with Crippen LogP contribution in [0.1, 0.15) is 5.69 Å². The van der Waals surface area contributed by atoms with Gasteiger partial charge in [-0.1, -0.05) is 0 Å². The van der Waals surface area contributed by atoms with E-state index < -0.39 is 9.84 Å². The quantitative estimate of drug-likeness (QED) is 0.736. The lowest BCUT2D eigenvalue weighted by atomic mass is 10.4. The van der Waals surface area contributed by atoms with Crippen LogP contribution < -0.4 is 0 Å². The standard InChI is InChI=1S/C7H8INO2S/c1-5-7(8)6(3-4-9-5)12(2,10)11/h3-4H,1-2H3. The zero-order valence-electron chi connectivity index (χ0n) is 6.70. The summed E-state index contributed by atoms with van der Waals surface area (Å²) in [6, 6.07) is 1.52. The predicted molar refractivity (Wildman–Crippen MR) is 54.8 cm³/mol. The van der Waals surface area contributed by atoms with Gasteiger partial charge in [0.15, 0.2) is 9.84 Å². The zero-order chi connectivity index (χ0) is 9.35. The van der Waals surface area contributed by atoms with Crippen LogP contribution in [0.25, 0.3) is 0 Å². The van der Waals surface area contributed by atoms with Crippen molar-refractivity contribution in [2.45, 2.75) is 11.8 Å². The monoisotopic (exact) mass is 297 g/mol. The number of hydrogen-bond acceptors (Lipinski definition) is 3. The highest BCUT2D eigenvalue weighted by Crippen LogP contribution is 2.18. The maximum Gasteiger partial charge on any atom is 0.176 e. The number of pyridine rings is 1. The first kappa shape index (κ1) is 9.91. The van der Waals surface area contributed by atoms with Gasteiger partial charge in [-0.2, -0.15) is 0 Å². The van der Waals surface area contributed by atoms with Crippen LogP contribution in [0, 0.1) is 10.5 Å². The molecule has 1 aromatic heterocycles. The van der Waals surface area contributed by atoms with Crippen LogP contribution in [0.15, 0.2) is 17.2 Å². The maximum atomic E-state index is 11.2. The zero-order valence-corrected chi connectivity index (χ0v) is 9.68. The molecule has 0 saturated heterocycles. The third-order valence-corrected chi connectivity index (χ3v) is 4.29. The van der Waals surface area contributed by atoms with E-state index in [0.29, 0.717) is 8.47 Å². The average molecular weight is 297 g/mol. The molecular weight excluding hydrogens is 289 g/mol. The van der Waals surface area contributed by atoms with Crippen LogP contribution in [0.5, 0.6) is 0 Å². The van der Waals surface area contributed by atoms with Crippen molar-refractivity contribution in [3.63, 3.8) is 0 Å². The molecule has 3 nitrogen and oxygen atoms in total. The topological polar surface area (TPSA) is 47.0 Å². The molecule has 1 heterocycles. The lowest BCUT2D eigenvalue weighted by Crippen LogP contribution is -2.02.